The van der Waals surface area contributed by atoms with Crippen LogP contribution in [0.3, 0.4) is 0 Å². The van der Waals surface area contributed by atoms with E-state index in [9.17, 15) is 0 Å². The number of rotatable bonds is 6. The molecule has 0 nitrogen and oxygen atoms in total. The van der Waals surface area contributed by atoms with Gasteiger partial charge in [-0.2, -0.15) is 0 Å². The van der Waals surface area contributed by atoms with Gasteiger partial charge in [0.25, 0.3) is 0 Å². The quantitative estimate of drug-likeness (QED) is 0.506. The van der Waals surface area contributed by atoms with E-state index in [1.165, 1.54) is 38.9 Å². The second kappa shape index (κ2) is 8.16. The monoisotopic (exact) mass is 328 g/mol. The van der Waals surface area contributed by atoms with Gasteiger partial charge in [-0.1, -0.05) is 83.4 Å². The Morgan fingerprint density at radius 3 is 1.28 bits per heavy atom. The molecule has 3 aromatic carbocycles. The highest BCUT2D eigenvalue weighted by molar-refractivity contribution is 5.32. The average Bonchev–Trinajstić information content (AvgIpc) is 2.58. The standard InChI is InChI=1S/C25H28/c1-19-6-4-8-22(14-19)10-12-24-16-21(3)17-25(18-24)13-11-23-9-5-7-20(2)15-23/h4-9,14-18H,10-13H2,1-3H3. The summed E-state index contributed by atoms with van der Waals surface area (Å²) in [4.78, 5) is 0. The third-order valence-electron chi connectivity index (χ3n) is 4.77. The second-order valence-electron chi connectivity index (χ2n) is 7.30. The average molecular weight is 328 g/mol. The van der Waals surface area contributed by atoms with Gasteiger partial charge < -0.3 is 0 Å². The molecule has 0 fully saturated rings. The van der Waals surface area contributed by atoms with E-state index in [0.29, 0.717) is 0 Å². The van der Waals surface area contributed by atoms with Gasteiger partial charge >= 0.3 is 0 Å². The summed E-state index contributed by atoms with van der Waals surface area (Å²) in [5, 5.41) is 0. The molecule has 0 saturated carbocycles. The lowest BCUT2D eigenvalue weighted by Crippen LogP contribution is -1.97. The molecule has 0 saturated heterocycles. The third-order valence-corrected chi connectivity index (χ3v) is 4.77. The van der Waals surface area contributed by atoms with Crippen molar-refractivity contribution in [1.82, 2.24) is 0 Å². The molecule has 0 bridgehead atoms. The Morgan fingerprint density at radius 2 is 0.840 bits per heavy atom. The Kier molecular flexibility index (Phi) is 5.71. The van der Waals surface area contributed by atoms with Crippen LogP contribution in [0.2, 0.25) is 0 Å². The molecule has 0 spiro atoms. The van der Waals surface area contributed by atoms with Gasteiger partial charge in [-0.15, -0.1) is 0 Å². The number of hydrogen-bond acceptors (Lipinski definition) is 0. The van der Waals surface area contributed by atoms with Gasteiger partial charge in [0.2, 0.25) is 0 Å². The van der Waals surface area contributed by atoms with E-state index in [1.807, 2.05) is 0 Å². The van der Waals surface area contributed by atoms with Crippen molar-refractivity contribution in [2.45, 2.75) is 46.5 Å². The third kappa shape index (κ3) is 5.32. The highest BCUT2D eigenvalue weighted by Gasteiger charge is 2.02. The fourth-order valence-corrected chi connectivity index (χ4v) is 3.55. The van der Waals surface area contributed by atoms with Crippen molar-refractivity contribution in [2.75, 3.05) is 0 Å². The Bertz CT molecular complexity index is 774. The molecule has 0 heterocycles. The predicted molar refractivity (Wildman–Crippen MR) is 108 cm³/mol. The van der Waals surface area contributed by atoms with E-state index in [-0.39, 0.29) is 0 Å². The summed E-state index contributed by atoms with van der Waals surface area (Å²) >= 11 is 0. The zero-order chi connectivity index (χ0) is 17.6. The van der Waals surface area contributed by atoms with Crippen LogP contribution < -0.4 is 0 Å². The van der Waals surface area contributed by atoms with Crippen molar-refractivity contribution in [1.29, 1.82) is 0 Å². The molecule has 0 aliphatic heterocycles. The second-order valence-corrected chi connectivity index (χ2v) is 7.30. The van der Waals surface area contributed by atoms with Crippen LogP contribution in [0.15, 0.2) is 66.7 Å². The van der Waals surface area contributed by atoms with Crippen LogP contribution in [0.1, 0.15) is 38.9 Å². The first-order valence-electron chi connectivity index (χ1n) is 9.29. The first-order valence-corrected chi connectivity index (χ1v) is 9.29. The summed E-state index contributed by atoms with van der Waals surface area (Å²) in [6, 6.07) is 24.8. The van der Waals surface area contributed by atoms with Crippen molar-refractivity contribution in [3.63, 3.8) is 0 Å². The van der Waals surface area contributed by atoms with Crippen molar-refractivity contribution in [3.05, 3.63) is 106 Å². The highest BCUT2D eigenvalue weighted by Crippen LogP contribution is 2.16. The van der Waals surface area contributed by atoms with E-state index < -0.39 is 0 Å². The van der Waals surface area contributed by atoms with Crippen LogP contribution in [0, 0.1) is 20.8 Å². The summed E-state index contributed by atoms with van der Waals surface area (Å²) < 4.78 is 0. The van der Waals surface area contributed by atoms with Crippen LogP contribution in [0.25, 0.3) is 0 Å². The van der Waals surface area contributed by atoms with E-state index in [4.69, 9.17) is 0 Å². The topological polar surface area (TPSA) is 0 Å². The Morgan fingerprint density at radius 1 is 0.440 bits per heavy atom. The first kappa shape index (κ1) is 17.5. The summed E-state index contributed by atoms with van der Waals surface area (Å²) in [6.45, 7) is 6.55. The van der Waals surface area contributed by atoms with Crippen LogP contribution in [0.5, 0.6) is 0 Å². The van der Waals surface area contributed by atoms with E-state index in [0.717, 1.165) is 25.7 Å². The van der Waals surface area contributed by atoms with E-state index in [2.05, 4.69) is 87.5 Å². The molecule has 0 amide bonds. The SMILES string of the molecule is Cc1cccc(CCc2cc(C)cc(CCc3cccc(C)c3)c2)c1. The lowest BCUT2D eigenvalue weighted by atomic mass is 9.96. The molecule has 3 rings (SSSR count). The highest BCUT2D eigenvalue weighted by atomic mass is 14.1. The minimum absolute atomic E-state index is 1.11. The molecule has 0 N–H and O–H groups in total. The lowest BCUT2D eigenvalue weighted by Gasteiger charge is -2.09. The van der Waals surface area contributed by atoms with Crippen molar-refractivity contribution >= 4 is 0 Å². The molecule has 0 aliphatic carbocycles. The Balaban J connectivity index is 1.65. The molecule has 0 atom stereocenters. The van der Waals surface area contributed by atoms with E-state index in [1.54, 1.807) is 0 Å². The minimum atomic E-state index is 1.11. The minimum Gasteiger partial charge on any atom is -0.0617 e. The molecule has 3 aromatic rings. The van der Waals surface area contributed by atoms with Gasteiger partial charge in [0.1, 0.15) is 0 Å². The molecule has 128 valence electrons. The smallest absolute Gasteiger partial charge is 0.0238 e. The molecular weight excluding hydrogens is 300 g/mol. The fraction of sp³-hybridized carbons (Fsp3) is 0.280. The largest absolute Gasteiger partial charge is 0.0617 e. The summed E-state index contributed by atoms with van der Waals surface area (Å²) in [7, 11) is 0. The Labute approximate surface area is 152 Å². The molecule has 25 heavy (non-hydrogen) atoms. The maximum absolute atomic E-state index is 2.40. The van der Waals surface area contributed by atoms with Gasteiger partial charge in [0.15, 0.2) is 0 Å². The molecule has 0 aromatic heterocycles. The van der Waals surface area contributed by atoms with Crippen LogP contribution >= 0.6 is 0 Å². The van der Waals surface area contributed by atoms with Crippen molar-refractivity contribution < 1.29 is 0 Å². The fourth-order valence-electron chi connectivity index (χ4n) is 3.55. The summed E-state index contributed by atoms with van der Waals surface area (Å²) in [6.07, 6.45) is 4.45. The maximum Gasteiger partial charge on any atom is -0.0238 e. The number of aryl methyl sites for hydroxylation is 7. The van der Waals surface area contributed by atoms with Crippen molar-refractivity contribution in [2.24, 2.45) is 0 Å². The molecular formula is C25H28. The van der Waals surface area contributed by atoms with Gasteiger partial charge in [-0.25, -0.2) is 0 Å². The van der Waals surface area contributed by atoms with Crippen LogP contribution in [-0.2, 0) is 25.7 Å². The lowest BCUT2D eigenvalue weighted by molar-refractivity contribution is 0.925. The predicted octanol–water partition coefficient (Wildman–Crippen LogP) is 6.18. The normalized spacial score (nSPS) is 10.8. The van der Waals surface area contributed by atoms with Crippen LogP contribution in [0.4, 0.5) is 0 Å². The molecule has 0 radical (unpaired) electrons. The molecule has 0 aliphatic rings. The van der Waals surface area contributed by atoms with Crippen molar-refractivity contribution in [3.8, 4) is 0 Å². The van der Waals surface area contributed by atoms with E-state index >= 15 is 0 Å². The van der Waals surface area contributed by atoms with Gasteiger partial charge in [-0.05, 0) is 68.7 Å². The van der Waals surface area contributed by atoms with Crippen LogP contribution in [-0.4, -0.2) is 0 Å². The zero-order valence-electron chi connectivity index (χ0n) is 15.7. The Hall–Kier alpha value is -2.34. The molecule has 0 unspecified atom stereocenters. The number of hydrogen-bond donors (Lipinski definition) is 0. The zero-order valence-corrected chi connectivity index (χ0v) is 15.7. The van der Waals surface area contributed by atoms with Gasteiger partial charge in [0.05, 0.1) is 0 Å². The van der Waals surface area contributed by atoms with Gasteiger partial charge in [-0.3, -0.25) is 0 Å². The first-order chi connectivity index (χ1) is 12.1. The van der Waals surface area contributed by atoms with Gasteiger partial charge in [0, 0.05) is 0 Å². The summed E-state index contributed by atoms with van der Waals surface area (Å²) in [5.41, 5.74) is 9.86. The maximum atomic E-state index is 2.40. The summed E-state index contributed by atoms with van der Waals surface area (Å²) in [5.74, 6) is 0. The molecule has 0 heteroatoms. The number of benzene rings is 3.